The van der Waals surface area contributed by atoms with Crippen LogP contribution in [0.3, 0.4) is 0 Å². The average molecular weight is 264 g/mol. The molecule has 19 heavy (non-hydrogen) atoms. The summed E-state index contributed by atoms with van der Waals surface area (Å²) in [7, 11) is 0. The number of para-hydroxylation sites is 2. The number of hydrogen-bond donors (Lipinski definition) is 1. The monoisotopic (exact) mass is 264 g/mol. The lowest BCUT2D eigenvalue weighted by molar-refractivity contribution is -0.466. The lowest BCUT2D eigenvalue weighted by atomic mass is 10.3. The fourth-order valence-electron chi connectivity index (χ4n) is 2.02. The molecule has 0 aliphatic carbocycles. The van der Waals surface area contributed by atoms with Crippen molar-refractivity contribution in [3.63, 3.8) is 0 Å². The van der Waals surface area contributed by atoms with E-state index in [1.165, 1.54) is 0 Å². The van der Waals surface area contributed by atoms with E-state index < -0.39 is 12.4 Å². The molecule has 0 spiro atoms. The van der Waals surface area contributed by atoms with Crippen LogP contribution < -0.4 is 4.43 Å². The summed E-state index contributed by atoms with van der Waals surface area (Å²) >= 11 is 0. The first-order valence-electron chi connectivity index (χ1n) is 5.82. The second kappa shape index (κ2) is 4.61. The zero-order valence-electron chi connectivity index (χ0n) is 9.93. The highest BCUT2D eigenvalue weighted by Gasteiger charge is 2.26. The van der Waals surface area contributed by atoms with Crippen LogP contribution in [0.1, 0.15) is 12.0 Å². The van der Waals surface area contributed by atoms with Gasteiger partial charge in [0, 0.05) is 11.0 Å². The van der Waals surface area contributed by atoms with Crippen LogP contribution in [0.15, 0.2) is 30.5 Å². The van der Waals surface area contributed by atoms with Gasteiger partial charge in [0.2, 0.25) is 6.29 Å². The Morgan fingerprint density at radius 3 is 2.74 bits per heavy atom. The topological polar surface area (TPSA) is 89.7 Å². The molecule has 1 aliphatic rings. The first-order valence-corrected chi connectivity index (χ1v) is 5.82. The number of rotatable bonds is 1. The van der Waals surface area contributed by atoms with Crippen molar-refractivity contribution in [2.45, 2.75) is 12.4 Å². The number of aromatic nitrogens is 2. The normalized spacial score (nSPS) is 23.6. The van der Waals surface area contributed by atoms with Crippen LogP contribution in [0.5, 0.6) is 0 Å². The third-order valence-corrected chi connectivity index (χ3v) is 2.94. The van der Waals surface area contributed by atoms with Crippen molar-refractivity contribution in [3.8, 4) is 0 Å². The Balaban J connectivity index is 2.09. The lowest BCUT2D eigenvalue weighted by Crippen LogP contribution is -2.33. The standard InChI is InChI=1S/C12H12N2O5/c15-8-6-18-12(19-7-8)11-5-13(16)9-3-1-2-4-10(9)14(11)17/h1-5,8,12,15H,6-7H2. The Morgan fingerprint density at radius 2 is 2.00 bits per heavy atom. The lowest BCUT2D eigenvalue weighted by Gasteiger charge is -2.29. The molecule has 0 saturated carbocycles. The number of nitrogens with zero attached hydrogens (tertiary/aromatic N) is 2. The van der Waals surface area contributed by atoms with E-state index in [-0.39, 0.29) is 29.9 Å². The molecule has 0 atom stereocenters. The highest BCUT2D eigenvalue weighted by atomic mass is 16.7. The summed E-state index contributed by atoms with van der Waals surface area (Å²) in [5.41, 5.74) is 0.589. The molecular formula is C12H12N2O5. The van der Waals surface area contributed by atoms with Crippen molar-refractivity contribution in [1.29, 1.82) is 0 Å². The molecule has 0 unspecified atom stereocenters. The van der Waals surface area contributed by atoms with Crippen molar-refractivity contribution in [2.24, 2.45) is 0 Å². The minimum Gasteiger partial charge on any atom is -0.805 e. The van der Waals surface area contributed by atoms with Gasteiger partial charge in [0.05, 0.1) is 17.6 Å². The zero-order valence-corrected chi connectivity index (χ0v) is 9.93. The Labute approximate surface area is 107 Å². The van der Waals surface area contributed by atoms with Gasteiger partial charge in [0.15, 0.2) is 0 Å². The van der Waals surface area contributed by atoms with Gasteiger partial charge in [-0.1, -0.05) is 12.1 Å². The molecular weight excluding hydrogens is 252 g/mol. The van der Waals surface area contributed by atoms with Gasteiger partial charge in [-0.05, 0) is 6.07 Å². The molecule has 2 heterocycles. The molecule has 1 fully saturated rings. The van der Waals surface area contributed by atoms with Crippen LogP contribution >= 0.6 is 0 Å². The fourth-order valence-corrected chi connectivity index (χ4v) is 2.02. The Kier molecular flexibility index (Phi) is 2.94. The predicted octanol–water partition coefficient (Wildman–Crippen LogP) is 0.308. The van der Waals surface area contributed by atoms with Gasteiger partial charge in [-0.3, -0.25) is 0 Å². The first-order chi connectivity index (χ1) is 9.16. The predicted molar refractivity (Wildman–Crippen MR) is 64.7 cm³/mol. The molecule has 100 valence electrons. The van der Waals surface area contributed by atoms with Crippen molar-refractivity contribution in [1.82, 2.24) is 4.73 Å². The van der Waals surface area contributed by atoms with Gasteiger partial charge in [0.1, 0.15) is 17.3 Å². The first kappa shape index (κ1) is 12.1. The minimum atomic E-state index is -0.939. The van der Waals surface area contributed by atoms with E-state index in [9.17, 15) is 15.2 Å². The second-order valence-electron chi connectivity index (χ2n) is 4.32. The highest BCUT2D eigenvalue weighted by molar-refractivity contribution is 5.71. The summed E-state index contributed by atoms with van der Waals surface area (Å²) in [4.78, 5) is 11.9. The Hall–Kier alpha value is -1.96. The molecule has 3 rings (SSSR count). The Morgan fingerprint density at radius 1 is 1.32 bits per heavy atom. The Bertz CT molecular complexity index is 661. The smallest absolute Gasteiger partial charge is 0.285 e. The van der Waals surface area contributed by atoms with Crippen molar-refractivity contribution in [2.75, 3.05) is 13.2 Å². The summed E-state index contributed by atoms with van der Waals surface area (Å²) in [5.74, 6) is 0. The SMILES string of the molecule is O=[n+]1cc(C2OCC(O)CO2)n([O-])c2ccccc21. The van der Waals surface area contributed by atoms with Crippen LogP contribution in [-0.4, -0.2) is 29.2 Å². The van der Waals surface area contributed by atoms with E-state index in [4.69, 9.17) is 9.47 Å². The fraction of sp³-hybridized carbons (Fsp3) is 0.333. The molecule has 0 radical (unpaired) electrons. The van der Waals surface area contributed by atoms with E-state index in [0.717, 1.165) is 6.20 Å². The number of ether oxygens (including phenoxy) is 2. The maximum absolute atomic E-state index is 12.2. The van der Waals surface area contributed by atoms with Gasteiger partial charge in [-0.15, -0.1) is 0 Å². The molecule has 7 nitrogen and oxygen atoms in total. The molecule has 1 aromatic carbocycles. The molecule has 0 bridgehead atoms. The largest absolute Gasteiger partial charge is 0.805 e. The minimum absolute atomic E-state index is 0.0658. The van der Waals surface area contributed by atoms with E-state index in [1.54, 1.807) is 24.3 Å². The molecule has 1 aliphatic heterocycles. The van der Waals surface area contributed by atoms with Crippen LogP contribution in [-0.2, 0) is 9.47 Å². The summed E-state index contributed by atoms with van der Waals surface area (Å²) in [6.07, 6.45) is -0.514. The van der Waals surface area contributed by atoms with Gasteiger partial charge < -0.3 is 24.5 Å². The van der Waals surface area contributed by atoms with Crippen molar-refractivity contribution < 1.29 is 19.0 Å². The zero-order chi connectivity index (χ0) is 13.4. The van der Waals surface area contributed by atoms with E-state index in [2.05, 4.69) is 0 Å². The third-order valence-electron chi connectivity index (χ3n) is 2.94. The van der Waals surface area contributed by atoms with Gasteiger partial charge in [0.25, 0.3) is 11.7 Å². The number of aliphatic hydroxyl groups is 1. The molecule has 7 heteroatoms. The summed E-state index contributed by atoms with van der Waals surface area (Å²) < 4.78 is 11.7. The molecule has 1 aromatic heterocycles. The third kappa shape index (κ3) is 2.07. The van der Waals surface area contributed by atoms with E-state index in [0.29, 0.717) is 9.16 Å². The second-order valence-corrected chi connectivity index (χ2v) is 4.32. The van der Waals surface area contributed by atoms with Crippen LogP contribution in [0, 0.1) is 10.1 Å². The number of aliphatic hydroxyl groups excluding tert-OH is 1. The van der Waals surface area contributed by atoms with Crippen molar-refractivity contribution >= 4 is 11.0 Å². The quantitative estimate of drug-likeness (QED) is 0.748. The number of hydrogen-bond acceptors (Lipinski definition) is 5. The van der Waals surface area contributed by atoms with Gasteiger partial charge >= 0.3 is 0 Å². The van der Waals surface area contributed by atoms with E-state index in [1.807, 2.05) is 0 Å². The molecule has 1 N–H and O–H groups in total. The summed E-state index contributed by atoms with van der Waals surface area (Å²) in [6.45, 7) is 0.132. The van der Waals surface area contributed by atoms with Gasteiger partial charge in [-0.2, -0.15) is 0 Å². The van der Waals surface area contributed by atoms with Crippen LogP contribution in [0.2, 0.25) is 0 Å². The summed E-state index contributed by atoms with van der Waals surface area (Å²) in [5, 5.41) is 21.5. The maximum atomic E-state index is 12.2. The average Bonchev–Trinajstić information content (AvgIpc) is 2.44. The summed E-state index contributed by atoms with van der Waals surface area (Å²) in [6, 6.07) is 6.47. The number of benzene rings is 1. The number of fused-ring (bicyclic) bond motifs is 1. The van der Waals surface area contributed by atoms with Crippen molar-refractivity contribution in [3.05, 3.63) is 46.3 Å². The molecule has 0 amide bonds. The van der Waals surface area contributed by atoms with Crippen LogP contribution in [0.4, 0.5) is 0 Å². The molecule has 1 saturated heterocycles. The maximum Gasteiger partial charge on any atom is 0.285 e. The van der Waals surface area contributed by atoms with Gasteiger partial charge in [-0.25, -0.2) is 0 Å². The van der Waals surface area contributed by atoms with Crippen LogP contribution in [0.25, 0.3) is 11.0 Å². The van der Waals surface area contributed by atoms with E-state index >= 15 is 0 Å². The highest BCUT2D eigenvalue weighted by Crippen LogP contribution is 2.23. The molecule has 2 aromatic rings.